The van der Waals surface area contributed by atoms with Crippen molar-refractivity contribution >= 4 is 0 Å². The van der Waals surface area contributed by atoms with Crippen molar-refractivity contribution in [2.75, 3.05) is 13.1 Å². The smallest absolute Gasteiger partial charge is 0.115 e. The summed E-state index contributed by atoms with van der Waals surface area (Å²) < 4.78 is 0. The Balaban J connectivity index is 1.98. The first-order chi connectivity index (χ1) is 10.3. The summed E-state index contributed by atoms with van der Waals surface area (Å²) in [6.45, 7) is 4.64. The van der Waals surface area contributed by atoms with Crippen molar-refractivity contribution < 1.29 is 5.11 Å². The summed E-state index contributed by atoms with van der Waals surface area (Å²) in [5, 5.41) is 9.53. The second kappa shape index (κ2) is 8.08. The highest BCUT2D eigenvalue weighted by atomic mass is 16.3. The summed E-state index contributed by atoms with van der Waals surface area (Å²) in [7, 11) is 0. The molecule has 0 saturated heterocycles. The molecule has 0 aliphatic rings. The lowest BCUT2D eigenvalue weighted by molar-refractivity contribution is 0.299. The molecule has 0 amide bonds. The predicted molar refractivity (Wildman–Crippen MR) is 84.8 cm³/mol. The molecule has 0 saturated carbocycles. The molecule has 108 valence electrons. The van der Waals surface area contributed by atoms with E-state index in [0.29, 0.717) is 12.3 Å². The standard InChI is InChI=1S/C18H20N2O/c1-2-11-20(15-17-6-3-9-18(21)13-17)12-5-8-16-7-4-10-19-14-16/h3-4,6-7,9-10,13-14,21H,2,11-12,15H2,1H3. The van der Waals surface area contributed by atoms with Gasteiger partial charge in [0.25, 0.3) is 0 Å². The van der Waals surface area contributed by atoms with E-state index in [4.69, 9.17) is 0 Å². The lowest BCUT2D eigenvalue weighted by atomic mass is 10.2. The SMILES string of the molecule is CCCN(CC#Cc1cccnc1)Cc1cccc(O)c1. The molecule has 1 aromatic heterocycles. The van der Waals surface area contributed by atoms with Gasteiger partial charge in [0.2, 0.25) is 0 Å². The minimum atomic E-state index is 0.311. The lowest BCUT2D eigenvalue weighted by Crippen LogP contribution is -2.24. The van der Waals surface area contributed by atoms with Gasteiger partial charge < -0.3 is 5.11 Å². The molecule has 0 spiro atoms. The Kier molecular flexibility index (Phi) is 5.81. The molecule has 0 unspecified atom stereocenters. The fraction of sp³-hybridized carbons (Fsp3) is 0.278. The van der Waals surface area contributed by atoms with Gasteiger partial charge in [-0.05, 0) is 42.8 Å². The van der Waals surface area contributed by atoms with Crippen molar-refractivity contribution in [3.05, 3.63) is 59.9 Å². The quantitative estimate of drug-likeness (QED) is 0.855. The van der Waals surface area contributed by atoms with Crippen molar-refractivity contribution in [2.24, 2.45) is 0 Å². The van der Waals surface area contributed by atoms with E-state index < -0.39 is 0 Å². The second-order valence-corrected chi connectivity index (χ2v) is 4.92. The van der Waals surface area contributed by atoms with Gasteiger partial charge in [0.15, 0.2) is 0 Å². The lowest BCUT2D eigenvalue weighted by Gasteiger charge is -2.18. The van der Waals surface area contributed by atoms with Crippen molar-refractivity contribution in [2.45, 2.75) is 19.9 Å². The van der Waals surface area contributed by atoms with Crippen LogP contribution in [0, 0.1) is 11.8 Å². The molecule has 0 fully saturated rings. The highest BCUT2D eigenvalue weighted by Gasteiger charge is 2.04. The molecule has 0 radical (unpaired) electrons. The van der Waals surface area contributed by atoms with Crippen LogP contribution in [0.4, 0.5) is 0 Å². The van der Waals surface area contributed by atoms with Gasteiger partial charge in [0, 0.05) is 24.5 Å². The molecule has 0 atom stereocenters. The van der Waals surface area contributed by atoms with E-state index in [1.165, 1.54) is 0 Å². The number of hydrogen-bond acceptors (Lipinski definition) is 3. The summed E-state index contributed by atoms with van der Waals surface area (Å²) in [5.74, 6) is 6.63. The first-order valence-electron chi connectivity index (χ1n) is 7.17. The monoisotopic (exact) mass is 280 g/mol. The van der Waals surface area contributed by atoms with Crippen LogP contribution in [0.25, 0.3) is 0 Å². The summed E-state index contributed by atoms with van der Waals surface area (Å²) in [4.78, 5) is 6.33. The number of nitrogens with zero attached hydrogens (tertiary/aromatic N) is 2. The predicted octanol–water partition coefficient (Wildman–Crippen LogP) is 3.05. The number of aromatic hydroxyl groups is 1. The Hall–Kier alpha value is -2.31. The van der Waals surface area contributed by atoms with E-state index in [9.17, 15) is 5.11 Å². The normalized spacial score (nSPS) is 10.2. The van der Waals surface area contributed by atoms with Crippen molar-refractivity contribution in [1.29, 1.82) is 0 Å². The molecule has 1 N–H and O–H groups in total. The van der Waals surface area contributed by atoms with Crippen molar-refractivity contribution in [3.63, 3.8) is 0 Å². The third-order valence-electron chi connectivity index (χ3n) is 3.05. The maximum atomic E-state index is 9.53. The first-order valence-corrected chi connectivity index (χ1v) is 7.17. The number of aromatic nitrogens is 1. The highest BCUT2D eigenvalue weighted by molar-refractivity contribution is 5.31. The minimum Gasteiger partial charge on any atom is -0.508 e. The summed E-state index contributed by atoms with van der Waals surface area (Å²) >= 11 is 0. The van der Waals surface area contributed by atoms with Crippen molar-refractivity contribution in [3.8, 4) is 17.6 Å². The molecule has 3 nitrogen and oxygen atoms in total. The van der Waals surface area contributed by atoms with Gasteiger partial charge in [-0.1, -0.05) is 30.9 Å². The molecular formula is C18H20N2O. The van der Waals surface area contributed by atoms with Gasteiger partial charge in [0.1, 0.15) is 5.75 Å². The van der Waals surface area contributed by atoms with Crippen molar-refractivity contribution in [1.82, 2.24) is 9.88 Å². The average Bonchev–Trinajstić information content (AvgIpc) is 2.48. The van der Waals surface area contributed by atoms with Crippen LogP contribution in [0.15, 0.2) is 48.8 Å². The molecule has 3 heteroatoms. The zero-order chi connectivity index (χ0) is 14.9. The minimum absolute atomic E-state index is 0.311. The number of phenols is 1. The number of rotatable bonds is 5. The maximum absolute atomic E-state index is 9.53. The summed E-state index contributed by atoms with van der Waals surface area (Å²) in [6.07, 6.45) is 4.59. The van der Waals surface area contributed by atoms with Crippen LogP contribution >= 0.6 is 0 Å². The fourth-order valence-corrected chi connectivity index (χ4v) is 2.13. The molecule has 0 aliphatic carbocycles. The van der Waals surface area contributed by atoms with Crippen LogP contribution in [0.3, 0.4) is 0 Å². The van der Waals surface area contributed by atoms with E-state index in [2.05, 4.69) is 28.6 Å². The Morgan fingerprint density at radius 2 is 2.14 bits per heavy atom. The number of hydrogen-bond donors (Lipinski definition) is 1. The van der Waals surface area contributed by atoms with Crippen LogP contribution in [0.1, 0.15) is 24.5 Å². The number of benzene rings is 1. The average molecular weight is 280 g/mol. The maximum Gasteiger partial charge on any atom is 0.115 e. The largest absolute Gasteiger partial charge is 0.508 e. The van der Waals surface area contributed by atoms with Gasteiger partial charge in [-0.3, -0.25) is 9.88 Å². The highest BCUT2D eigenvalue weighted by Crippen LogP contribution is 2.13. The second-order valence-electron chi connectivity index (χ2n) is 4.92. The third kappa shape index (κ3) is 5.29. The van der Waals surface area contributed by atoms with Crippen LogP contribution in [0.2, 0.25) is 0 Å². The zero-order valence-electron chi connectivity index (χ0n) is 12.3. The van der Waals surface area contributed by atoms with Gasteiger partial charge >= 0.3 is 0 Å². The molecule has 1 aromatic carbocycles. The van der Waals surface area contributed by atoms with Gasteiger partial charge in [-0.2, -0.15) is 0 Å². The Morgan fingerprint density at radius 3 is 2.86 bits per heavy atom. The van der Waals surface area contributed by atoms with Gasteiger partial charge in [0.05, 0.1) is 6.54 Å². The van der Waals surface area contributed by atoms with Gasteiger partial charge in [-0.25, -0.2) is 0 Å². The van der Waals surface area contributed by atoms with Crippen LogP contribution in [0.5, 0.6) is 5.75 Å². The Labute approximate surface area is 126 Å². The van der Waals surface area contributed by atoms with Crippen LogP contribution in [-0.2, 0) is 6.54 Å². The number of pyridine rings is 1. The van der Waals surface area contributed by atoms with Gasteiger partial charge in [-0.15, -0.1) is 0 Å². The molecule has 0 aliphatic heterocycles. The van der Waals surface area contributed by atoms with Crippen LogP contribution in [-0.4, -0.2) is 28.1 Å². The van der Waals surface area contributed by atoms with E-state index in [0.717, 1.165) is 30.6 Å². The molecule has 21 heavy (non-hydrogen) atoms. The molecular weight excluding hydrogens is 260 g/mol. The summed E-state index contributed by atoms with van der Waals surface area (Å²) in [5.41, 5.74) is 2.04. The van der Waals surface area contributed by atoms with E-state index in [-0.39, 0.29) is 0 Å². The Morgan fingerprint density at radius 1 is 1.24 bits per heavy atom. The van der Waals surface area contributed by atoms with E-state index >= 15 is 0 Å². The third-order valence-corrected chi connectivity index (χ3v) is 3.05. The molecule has 2 rings (SSSR count). The molecule has 2 aromatic rings. The fourth-order valence-electron chi connectivity index (χ4n) is 2.13. The van der Waals surface area contributed by atoms with E-state index in [1.54, 1.807) is 24.5 Å². The Bertz CT molecular complexity index is 614. The van der Waals surface area contributed by atoms with Crippen LogP contribution < -0.4 is 0 Å². The first kappa shape index (κ1) is 15.1. The molecule has 1 heterocycles. The topological polar surface area (TPSA) is 36.4 Å². The number of phenolic OH excluding ortho intramolecular Hbond substituents is 1. The van der Waals surface area contributed by atoms with E-state index in [1.807, 2.05) is 24.3 Å². The zero-order valence-corrected chi connectivity index (χ0v) is 12.3. The molecule has 0 bridgehead atoms. The summed E-state index contributed by atoms with van der Waals surface area (Å²) in [6, 6.07) is 11.2.